The van der Waals surface area contributed by atoms with Crippen molar-refractivity contribution in [2.75, 3.05) is 5.32 Å². The Kier molecular flexibility index (Phi) is 3.78. The number of aromatic nitrogens is 2. The summed E-state index contributed by atoms with van der Waals surface area (Å²) in [5, 5.41) is 7.99. The summed E-state index contributed by atoms with van der Waals surface area (Å²) in [5.74, 6) is 0.706. The highest BCUT2D eigenvalue weighted by Crippen LogP contribution is 2.28. The number of aryl methyl sites for hydroxylation is 1. The Morgan fingerprint density at radius 3 is 2.86 bits per heavy atom. The first-order valence-corrected chi connectivity index (χ1v) is 7.80. The van der Waals surface area contributed by atoms with Gasteiger partial charge in [-0.05, 0) is 39.0 Å². The van der Waals surface area contributed by atoms with Gasteiger partial charge in [-0.2, -0.15) is 5.10 Å². The molecule has 0 spiro atoms. The predicted octanol–water partition coefficient (Wildman–Crippen LogP) is 4.53. The lowest BCUT2D eigenvalue weighted by molar-refractivity contribution is 0.0997. The van der Waals surface area contributed by atoms with E-state index in [2.05, 4.69) is 26.3 Å². The molecule has 22 heavy (non-hydrogen) atoms. The van der Waals surface area contributed by atoms with E-state index in [1.165, 1.54) is 0 Å². The molecule has 2 aromatic heterocycles. The Labute approximate surface area is 136 Å². The average Bonchev–Trinajstić information content (AvgIpc) is 3.04. The van der Waals surface area contributed by atoms with Crippen LogP contribution in [-0.4, -0.2) is 15.7 Å². The molecule has 0 bridgehead atoms. The first-order valence-electron chi connectivity index (χ1n) is 7.01. The van der Waals surface area contributed by atoms with Crippen molar-refractivity contribution in [2.45, 2.75) is 26.8 Å². The number of amides is 1. The summed E-state index contributed by atoms with van der Waals surface area (Å²) >= 11 is 3.43. The second-order valence-corrected chi connectivity index (χ2v) is 6.32. The fourth-order valence-electron chi connectivity index (χ4n) is 2.41. The Hall–Kier alpha value is -2.08. The summed E-state index contributed by atoms with van der Waals surface area (Å²) < 4.78 is 8.41. The first kappa shape index (κ1) is 14.8. The second-order valence-electron chi connectivity index (χ2n) is 5.41. The van der Waals surface area contributed by atoms with Crippen molar-refractivity contribution in [3.05, 3.63) is 46.3 Å². The van der Waals surface area contributed by atoms with Gasteiger partial charge in [0.15, 0.2) is 5.76 Å². The molecule has 1 aromatic carbocycles. The van der Waals surface area contributed by atoms with E-state index in [-0.39, 0.29) is 11.9 Å². The van der Waals surface area contributed by atoms with Gasteiger partial charge in [-0.1, -0.05) is 15.9 Å². The smallest absolute Gasteiger partial charge is 0.292 e. The maximum atomic E-state index is 12.5. The minimum Gasteiger partial charge on any atom is -0.451 e. The molecule has 0 aliphatic heterocycles. The van der Waals surface area contributed by atoms with Crippen molar-refractivity contribution in [1.82, 2.24) is 9.78 Å². The Morgan fingerprint density at radius 1 is 1.36 bits per heavy atom. The van der Waals surface area contributed by atoms with Crippen LogP contribution in [0.15, 0.2) is 39.4 Å². The summed E-state index contributed by atoms with van der Waals surface area (Å²) in [4.78, 5) is 12.5. The molecule has 0 radical (unpaired) electrons. The average molecular weight is 362 g/mol. The highest BCUT2D eigenvalue weighted by molar-refractivity contribution is 9.10. The molecular formula is C16H16BrN3O2. The van der Waals surface area contributed by atoms with Gasteiger partial charge in [-0.3, -0.25) is 4.79 Å². The third kappa shape index (κ3) is 2.54. The van der Waals surface area contributed by atoms with E-state index < -0.39 is 0 Å². The van der Waals surface area contributed by atoms with Gasteiger partial charge in [0.25, 0.3) is 5.91 Å². The van der Waals surface area contributed by atoms with Gasteiger partial charge in [0.1, 0.15) is 11.4 Å². The molecular weight excluding hydrogens is 346 g/mol. The summed E-state index contributed by atoms with van der Waals surface area (Å²) in [5.41, 5.74) is 1.52. The highest BCUT2D eigenvalue weighted by Gasteiger charge is 2.19. The minimum absolute atomic E-state index is 0.165. The lowest BCUT2D eigenvalue weighted by atomic mass is 10.1. The molecule has 6 heteroatoms. The molecule has 0 aliphatic rings. The Bertz CT molecular complexity index is 848. The van der Waals surface area contributed by atoms with E-state index in [1.54, 1.807) is 16.9 Å². The Balaban J connectivity index is 1.95. The molecule has 0 aliphatic carbocycles. The lowest BCUT2D eigenvalue weighted by Crippen LogP contribution is -2.16. The number of nitrogens with zero attached hydrogens (tertiary/aromatic N) is 2. The van der Waals surface area contributed by atoms with Gasteiger partial charge >= 0.3 is 0 Å². The predicted molar refractivity (Wildman–Crippen MR) is 89.2 cm³/mol. The maximum absolute atomic E-state index is 12.5. The van der Waals surface area contributed by atoms with Crippen molar-refractivity contribution in [2.24, 2.45) is 0 Å². The molecule has 0 atom stereocenters. The number of furan rings is 1. The van der Waals surface area contributed by atoms with E-state index in [4.69, 9.17) is 4.42 Å². The van der Waals surface area contributed by atoms with Gasteiger partial charge in [0, 0.05) is 27.5 Å². The lowest BCUT2D eigenvalue weighted by Gasteiger charge is -2.11. The van der Waals surface area contributed by atoms with Crippen molar-refractivity contribution < 1.29 is 9.21 Å². The molecule has 3 rings (SSSR count). The fraction of sp³-hybridized carbons (Fsp3) is 0.250. The fourth-order valence-corrected chi connectivity index (χ4v) is 2.77. The summed E-state index contributed by atoms with van der Waals surface area (Å²) in [6.45, 7) is 5.90. The van der Waals surface area contributed by atoms with Gasteiger partial charge < -0.3 is 9.73 Å². The number of rotatable bonds is 3. The van der Waals surface area contributed by atoms with E-state index in [0.29, 0.717) is 17.2 Å². The van der Waals surface area contributed by atoms with E-state index in [0.717, 1.165) is 15.4 Å². The third-order valence-corrected chi connectivity index (χ3v) is 4.00. The summed E-state index contributed by atoms with van der Waals surface area (Å²) in [6.07, 6.45) is 1.66. The number of carbonyl (C=O) groups excluding carboxylic acids is 1. The molecule has 3 aromatic rings. The largest absolute Gasteiger partial charge is 0.451 e. The minimum atomic E-state index is -0.271. The zero-order chi connectivity index (χ0) is 15.9. The van der Waals surface area contributed by atoms with Crippen molar-refractivity contribution in [3.8, 4) is 0 Å². The molecule has 1 N–H and O–H groups in total. The maximum Gasteiger partial charge on any atom is 0.292 e. The van der Waals surface area contributed by atoms with Crippen LogP contribution in [0.2, 0.25) is 0 Å². The SMILES string of the molecule is Cc1c(C(=O)Nc2ccnn2C(C)C)oc2ccc(Br)cc12. The van der Waals surface area contributed by atoms with Crippen molar-refractivity contribution >= 4 is 38.6 Å². The van der Waals surface area contributed by atoms with Crippen molar-refractivity contribution in [3.63, 3.8) is 0 Å². The molecule has 2 heterocycles. The van der Waals surface area contributed by atoms with Crippen LogP contribution in [0.1, 0.15) is 36.0 Å². The summed E-state index contributed by atoms with van der Waals surface area (Å²) in [7, 11) is 0. The molecule has 5 nitrogen and oxygen atoms in total. The number of benzene rings is 1. The normalized spacial score (nSPS) is 11.3. The number of hydrogen-bond acceptors (Lipinski definition) is 3. The molecule has 0 unspecified atom stereocenters. The number of fused-ring (bicyclic) bond motifs is 1. The van der Waals surface area contributed by atoms with Crippen LogP contribution in [0.4, 0.5) is 5.82 Å². The van der Waals surface area contributed by atoms with E-state index in [1.807, 2.05) is 39.0 Å². The van der Waals surface area contributed by atoms with Crippen LogP contribution in [0.3, 0.4) is 0 Å². The standard InChI is InChI=1S/C16H16BrN3O2/c1-9(2)20-14(6-7-18-20)19-16(21)15-10(3)12-8-11(17)4-5-13(12)22-15/h4-9H,1-3H3,(H,19,21). The zero-order valence-electron chi connectivity index (χ0n) is 12.6. The first-order chi connectivity index (χ1) is 10.5. The molecule has 0 saturated carbocycles. The van der Waals surface area contributed by atoms with Crippen molar-refractivity contribution in [1.29, 1.82) is 0 Å². The van der Waals surface area contributed by atoms with Crippen LogP contribution in [0.25, 0.3) is 11.0 Å². The third-order valence-electron chi connectivity index (χ3n) is 3.51. The highest BCUT2D eigenvalue weighted by atomic mass is 79.9. The van der Waals surface area contributed by atoms with Gasteiger partial charge in [-0.25, -0.2) is 4.68 Å². The van der Waals surface area contributed by atoms with Gasteiger partial charge in [0.2, 0.25) is 0 Å². The molecule has 1 amide bonds. The Morgan fingerprint density at radius 2 is 2.14 bits per heavy atom. The van der Waals surface area contributed by atoms with Crippen LogP contribution in [-0.2, 0) is 0 Å². The zero-order valence-corrected chi connectivity index (χ0v) is 14.1. The number of hydrogen-bond donors (Lipinski definition) is 1. The van der Waals surface area contributed by atoms with Crippen LogP contribution in [0, 0.1) is 6.92 Å². The van der Waals surface area contributed by atoms with E-state index in [9.17, 15) is 4.79 Å². The second kappa shape index (κ2) is 5.61. The van der Waals surface area contributed by atoms with E-state index >= 15 is 0 Å². The number of carbonyl (C=O) groups is 1. The number of nitrogens with one attached hydrogen (secondary N) is 1. The van der Waals surface area contributed by atoms with Crippen LogP contribution in [0.5, 0.6) is 0 Å². The monoisotopic (exact) mass is 361 g/mol. The number of anilines is 1. The molecule has 0 fully saturated rings. The molecule has 114 valence electrons. The quantitative estimate of drug-likeness (QED) is 0.745. The topological polar surface area (TPSA) is 60.1 Å². The number of halogens is 1. The van der Waals surface area contributed by atoms with Crippen LogP contribution < -0.4 is 5.32 Å². The van der Waals surface area contributed by atoms with Gasteiger partial charge in [0.05, 0.1) is 6.20 Å². The summed E-state index contributed by atoms with van der Waals surface area (Å²) in [6, 6.07) is 7.62. The van der Waals surface area contributed by atoms with Gasteiger partial charge in [-0.15, -0.1) is 0 Å². The molecule has 0 saturated heterocycles. The van der Waals surface area contributed by atoms with Crippen LogP contribution >= 0.6 is 15.9 Å².